The molecular weight excluding hydrogens is 420 g/mol. The lowest BCUT2D eigenvalue weighted by atomic mass is 10.0. The molecule has 2 heterocycles. The number of thiophene rings is 1. The van der Waals surface area contributed by atoms with Gasteiger partial charge in [-0.05, 0) is 25.5 Å². The first-order valence-corrected chi connectivity index (χ1v) is 10.6. The maximum absolute atomic E-state index is 13.3. The fourth-order valence-electron chi connectivity index (χ4n) is 3.34. The maximum atomic E-state index is 13.3. The summed E-state index contributed by atoms with van der Waals surface area (Å²) in [4.78, 5) is 32.0. The smallest absolute Gasteiger partial charge is 0.329 e. The van der Waals surface area contributed by atoms with Crippen LogP contribution in [0, 0.1) is 6.92 Å². The van der Waals surface area contributed by atoms with E-state index in [1.807, 2.05) is 49.4 Å². The molecule has 0 aliphatic heterocycles. The van der Waals surface area contributed by atoms with Gasteiger partial charge in [0.25, 0.3) is 5.56 Å². The number of carbonyl (C=O) groups is 1. The molecule has 2 aromatic carbocycles. The SMILES string of the molecule is Cc1sc2ncn(C(C)C(=O)OCc3ccccc3Cl)c(=O)c2c1-c1ccccc1. The molecule has 0 fully saturated rings. The van der Waals surface area contributed by atoms with Crippen molar-refractivity contribution in [2.24, 2.45) is 0 Å². The molecule has 0 amide bonds. The third-order valence-corrected chi connectivity index (χ3v) is 6.34. The molecule has 0 saturated heterocycles. The Morgan fingerprint density at radius 3 is 2.60 bits per heavy atom. The Kier molecular flexibility index (Phi) is 5.70. The van der Waals surface area contributed by atoms with Crippen LogP contribution < -0.4 is 5.56 Å². The van der Waals surface area contributed by atoms with Crippen molar-refractivity contribution in [1.82, 2.24) is 9.55 Å². The molecule has 0 saturated carbocycles. The topological polar surface area (TPSA) is 61.2 Å². The van der Waals surface area contributed by atoms with Gasteiger partial charge < -0.3 is 4.74 Å². The monoisotopic (exact) mass is 438 g/mol. The molecule has 0 spiro atoms. The lowest BCUT2D eigenvalue weighted by molar-refractivity contribution is -0.148. The second kappa shape index (κ2) is 8.42. The molecule has 5 nitrogen and oxygen atoms in total. The van der Waals surface area contributed by atoms with Gasteiger partial charge in [-0.3, -0.25) is 9.36 Å². The Balaban J connectivity index is 1.67. The number of halogens is 1. The number of fused-ring (bicyclic) bond motifs is 1. The summed E-state index contributed by atoms with van der Waals surface area (Å²) in [5.74, 6) is -0.522. The van der Waals surface area contributed by atoms with Gasteiger partial charge in [0.1, 0.15) is 17.5 Å². The Labute approximate surface area is 182 Å². The van der Waals surface area contributed by atoms with E-state index in [9.17, 15) is 9.59 Å². The number of hydrogen-bond donors (Lipinski definition) is 0. The standard InChI is InChI=1S/C23H19ClN2O3S/c1-14(23(28)29-12-17-10-6-7-11-18(17)24)26-13-25-21-20(22(26)27)19(15(2)30-21)16-8-4-3-5-9-16/h3-11,13-14H,12H2,1-2H3. The molecule has 0 aliphatic carbocycles. The Hall–Kier alpha value is -2.96. The van der Waals surface area contributed by atoms with Crippen LogP contribution in [0.1, 0.15) is 23.4 Å². The number of carbonyl (C=O) groups excluding carboxylic acids is 1. The summed E-state index contributed by atoms with van der Waals surface area (Å²) in [6.45, 7) is 3.64. The highest BCUT2D eigenvalue weighted by Crippen LogP contribution is 2.35. The quantitative estimate of drug-likeness (QED) is 0.392. The van der Waals surface area contributed by atoms with Crippen molar-refractivity contribution in [1.29, 1.82) is 0 Å². The molecular formula is C23H19ClN2O3S. The minimum atomic E-state index is -0.819. The van der Waals surface area contributed by atoms with E-state index < -0.39 is 12.0 Å². The molecule has 1 unspecified atom stereocenters. The summed E-state index contributed by atoms with van der Waals surface area (Å²) in [5, 5.41) is 1.05. The van der Waals surface area contributed by atoms with Crippen LogP contribution in [0.3, 0.4) is 0 Å². The van der Waals surface area contributed by atoms with Crippen LogP contribution in [-0.4, -0.2) is 15.5 Å². The summed E-state index contributed by atoms with van der Waals surface area (Å²) in [6, 6.07) is 16.1. The van der Waals surface area contributed by atoms with Crippen molar-refractivity contribution in [3.8, 4) is 11.1 Å². The number of rotatable bonds is 5. The van der Waals surface area contributed by atoms with E-state index in [1.165, 1.54) is 22.2 Å². The number of benzene rings is 2. The third-order valence-electron chi connectivity index (χ3n) is 4.96. The molecule has 4 rings (SSSR count). The minimum Gasteiger partial charge on any atom is -0.459 e. The van der Waals surface area contributed by atoms with Gasteiger partial charge in [0.2, 0.25) is 0 Å². The van der Waals surface area contributed by atoms with E-state index >= 15 is 0 Å². The second-order valence-electron chi connectivity index (χ2n) is 6.91. The van der Waals surface area contributed by atoms with Gasteiger partial charge >= 0.3 is 5.97 Å². The number of ether oxygens (including phenoxy) is 1. The molecule has 4 aromatic rings. The van der Waals surface area contributed by atoms with Gasteiger partial charge in [-0.25, -0.2) is 9.78 Å². The van der Waals surface area contributed by atoms with Crippen molar-refractivity contribution >= 4 is 39.1 Å². The lowest BCUT2D eigenvalue weighted by Gasteiger charge is -2.15. The van der Waals surface area contributed by atoms with Crippen molar-refractivity contribution in [2.75, 3.05) is 0 Å². The summed E-state index contributed by atoms with van der Waals surface area (Å²) in [6.07, 6.45) is 1.41. The number of aromatic nitrogens is 2. The van der Waals surface area contributed by atoms with Crippen LogP contribution in [0.15, 0.2) is 65.7 Å². The van der Waals surface area contributed by atoms with Gasteiger partial charge in [-0.2, -0.15) is 0 Å². The van der Waals surface area contributed by atoms with Crippen molar-refractivity contribution in [2.45, 2.75) is 26.5 Å². The fourth-order valence-corrected chi connectivity index (χ4v) is 4.54. The van der Waals surface area contributed by atoms with Crippen LogP contribution >= 0.6 is 22.9 Å². The zero-order valence-corrected chi connectivity index (χ0v) is 18.0. The molecule has 0 radical (unpaired) electrons. The zero-order valence-electron chi connectivity index (χ0n) is 16.5. The van der Waals surface area contributed by atoms with Crippen LogP contribution in [0.5, 0.6) is 0 Å². The first-order valence-electron chi connectivity index (χ1n) is 9.43. The summed E-state index contributed by atoms with van der Waals surface area (Å²) < 4.78 is 6.73. The van der Waals surface area contributed by atoms with Crippen LogP contribution in [0.2, 0.25) is 5.02 Å². The predicted octanol–water partition coefficient (Wildman–Crippen LogP) is 5.39. The molecule has 152 valence electrons. The van der Waals surface area contributed by atoms with E-state index in [4.69, 9.17) is 16.3 Å². The largest absolute Gasteiger partial charge is 0.459 e. The maximum Gasteiger partial charge on any atom is 0.329 e. The highest BCUT2D eigenvalue weighted by molar-refractivity contribution is 7.19. The van der Waals surface area contributed by atoms with Gasteiger partial charge in [0.05, 0.1) is 11.7 Å². The van der Waals surface area contributed by atoms with Gasteiger partial charge in [-0.15, -0.1) is 11.3 Å². The molecule has 0 aliphatic rings. The van der Waals surface area contributed by atoms with Crippen molar-refractivity contribution in [3.63, 3.8) is 0 Å². The Bertz CT molecular complexity index is 1280. The van der Waals surface area contributed by atoms with Crippen molar-refractivity contribution < 1.29 is 9.53 Å². The first-order chi connectivity index (χ1) is 14.5. The minimum absolute atomic E-state index is 0.0418. The fraction of sp³-hybridized carbons (Fsp3) is 0.174. The average Bonchev–Trinajstić information content (AvgIpc) is 3.10. The summed E-state index contributed by atoms with van der Waals surface area (Å²) in [5.41, 5.74) is 2.26. The molecule has 7 heteroatoms. The molecule has 1 atom stereocenters. The molecule has 2 aromatic heterocycles. The number of hydrogen-bond acceptors (Lipinski definition) is 5. The average molecular weight is 439 g/mol. The summed E-state index contributed by atoms with van der Waals surface area (Å²) in [7, 11) is 0. The van der Waals surface area contributed by atoms with Crippen LogP contribution in [-0.2, 0) is 16.1 Å². The normalized spacial score (nSPS) is 12.1. The number of aryl methyl sites for hydroxylation is 1. The number of nitrogens with zero attached hydrogens (tertiary/aromatic N) is 2. The van der Waals surface area contributed by atoms with E-state index in [-0.39, 0.29) is 12.2 Å². The molecule has 0 N–H and O–H groups in total. The predicted molar refractivity (Wildman–Crippen MR) is 120 cm³/mol. The molecule has 0 bridgehead atoms. The second-order valence-corrected chi connectivity index (χ2v) is 8.52. The van der Waals surface area contributed by atoms with E-state index in [2.05, 4.69) is 4.98 Å². The Morgan fingerprint density at radius 2 is 1.87 bits per heavy atom. The van der Waals surface area contributed by atoms with Crippen LogP contribution in [0.25, 0.3) is 21.3 Å². The van der Waals surface area contributed by atoms with Gasteiger partial charge in [-0.1, -0.05) is 60.1 Å². The highest BCUT2D eigenvalue weighted by Gasteiger charge is 2.23. The van der Waals surface area contributed by atoms with Gasteiger partial charge in [0.15, 0.2) is 0 Å². The van der Waals surface area contributed by atoms with E-state index in [1.54, 1.807) is 19.1 Å². The first kappa shape index (κ1) is 20.3. The van der Waals surface area contributed by atoms with Crippen molar-refractivity contribution in [3.05, 3.63) is 86.7 Å². The highest BCUT2D eigenvalue weighted by atomic mass is 35.5. The lowest BCUT2D eigenvalue weighted by Crippen LogP contribution is -2.29. The summed E-state index contributed by atoms with van der Waals surface area (Å²) >= 11 is 7.59. The molecule has 30 heavy (non-hydrogen) atoms. The third kappa shape index (κ3) is 3.76. The Morgan fingerprint density at radius 1 is 1.17 bits per heavy atom. The van der Waals surface area contributed by atoms with Crippen LogP contribution in [0.4, 0.5) is 0 Å². The zero-order chi connectivity index (χ0) is 21.3. The number of esters is 1. The van der Waals surface area contributed by atoms with E-state index in [0.29, 0.717) is 20.8 Å². The van der Waals surface area contributed by atoms with Gasteiger partial charge in [0, 0.05) is 21.0 Å². The van der Waals surface area contributed by atoms with E-state index in [0.717, 1.165) is 16.0 Å².